The molecule has 0 heterocycles. The van der Waals surface area contributed by atoms with E-state index in [1.807, 2.05) is 0 Å². The molecule has 0 aliphatic rings. The smallest absolute Gasteiger partial charge is 0.337 e. The number of aryl methyl sites for hydroxylation is 1. The minimum Gasteiger partial charge on any atom is -0.496 e. The molecule has 0 saturated heterocycles. The van der Waals surface area contributed by atoms with Crippen LogP contribution in [0, 0.1) is 6.92 Å². The normalized spacial score (nSPS) is 12.0. The van der Waals surface area contributed by atoms with Crippen LogP contribution >= 0.6 is 0 Å². The summed E-state index contributed by atoms with van der Waals surface area (Å²) < 4.78 is 10.1. The number of carboxylic acids is 1. The molecule has 1 aromatic carbocycles. The van der Waals surface area contributed by atoms with Crippen LogP contribution in [0.2, 0.25) is 0 Å². The zero-order valence-corrected chi connectivity index (χ0v) is 9.35. The fourth-order valence-corrected chi connectivity index (χ4v) is 1.44. The van der Waals surface area contributed by atoms with Gasteiger partial charge in [-0.25, -0.2) is 4.79 Å². The van der Waals surface area contributed by atoms with Gasteiger partial charge in [0.2, 0.25) is 0 Å². The third-order valence-corrected chi connectivity index (χ3v) is 2.28. The maximum Gasteiger partial charge on any atom is 0.337 e. The van der Waals surface area contributed by atoms with E-state index >= 15 is 0 Å². The molecule has 0 bridgehead atoms. The second kappa shape index (κ2) is 4.85. The Balaban J connectivity index is 3.28. The first-order valence-corrected chi connectivity index (χ1v) is 4.64. The van der Waals surface area contributed by atoms with Crippen LogP contribution in [0.4, 0.5) is 0 Å². The largest absolute Gasteiger partial charge is 0.496 e. The number of aliphatic hydroxyl groups is 1. The highest BCUT2D eigenvalue weighted by molar-refractivity contribution is 5.75. The molecule has 0 amide bonds. The molecule has 0 fully saturated rings. The number of hydrogen-bond donors (Lipinski definition) is 2. The number of carboxylic acid groups (broad SMARTS) is 1. The summed E-state index contributed by atoms with van der Waals surface area (Å²) >= 11 is 0. The summed E-state index contributed by atoms with van der Waals surface area (Å²) in [6, 6.07) is 3.09. The van der Waals surface area contributed by atoms with Crippen molar-refractivity contribution in [2.45, 2.75) is 13.0 Å². The van der Waals surface area contributed by atoms with Crippen molar-refractivity contribution in [3.63, 3.8) is 0 Å². The monoisotopic (exact) mass is 226 g/mol. The van der Waals surface area contributed by atoms with Crippen molar-refractivity contribution < 1.29 is 24.5 Å². The molecule has 5 heteroatoms. The number of methoxy groups -OCH3 is 2. The molecule has 0 aliphatic carbocycles. The van der Waals surface area contributed by atoms with Crippen molar-refractivity contribution in [3.8, 4) is 11.5 Å². The van der Waals surface area contributed by atoms with Crippen molar-refractivity contribution in [1.82, 2.24) is 0 Å². The highest BCUT2D eigenvalue weighted by Gasteiger charge is 2.21. The van der Waals surface area contributed by atoms with E-state index < -0.39 is 12.1 Å². The maximum atomic E-state index is 10.7. The van der Waals surface area contributed by atoms with Crippen molar-refractivity contribution >= 4 is 5.97 Å². The van der Waals surface area contributed by atoms with Crippen molar-refractivity contribution in [3.05, 3.63) is 23.3 Å². The van der Waals surface area contributed by atoms with E-state index in [-0.39, 0.29) is 11.3 Å². The van der Waals surface area contributed by atoms with E-state index in [4.69, 9.17) is 14.6 Å². The van der Waals surface area contributed by atoms with Crippen LogP contribution in [0.15, 0.2) is 12.1 Å². The summed E-state index contributed by atoms with van der Waals surface area (Å²) in [6.45, 7) is 1.76. The van der Waals surface area contributed by atoms with Gasteiger partial charge in [-0.1, -0.05) is 0 Å². The summed E-state index contributed by atoms with van der Waals surface area (Å²) in [5.41, 5.74) is 0.951. The lowest BCUT2D eigenvalue weighted by atomic mass is 10.0. The van der Waals surface area contributed by atoms with Crippen LogP contribution in [-0.4, -0.2) is 30.4 Å². The zero-order valence-electron chi connectivity index (χ0n) is 9.35. The predicted octanol–water partition coefficient (Wildman–Crippen LogP) is 1.13. The van der Waals surface area contributed by atoms with Crippen LogP contribution in [0.3, 0.4) is 0 Å². The van der Waals surface area contributed by atoms with Crippen molar-refractivity contribution in [1.29, 1.82) is 0 Å². The Bertz CT molecular complexity index is 400. The second-order valence-corrected chi connectivity index (χ2v) is 3.30. The average molecular weight is 226 g/mol. The molecule has 1 aromatic rings. The van der Waals surface area contributed by atoms with Crippen molar-refractivity contribution in [2.24, 2.45) is 0 Å². The molecule has 0 aliphatic heterocycles. The van der Waals surface area contributed by atoms with Crippen LogP contribution in [0.5, 0.6) is 11.5 Å². The van der Waals surface area contributed by atoms with E-state index in [2.05, 4.69) is 0 Å². The highest BCUT2D eigenvalue weighted by atomic mass is 16.5. The van der Waals surface area contributed by atoms with Gasteiger partial charge < -0.3 is 19.7 Å². The molecular weight excluding hydrogens is 212 g/mol. The molecule has 1 atom stereocenters. The number of aliphatic hydroxyl groups excluding tert-OH is 1. The van der Waals surface area contributed by atoms with Crippen LogP contribution in [0.1, 0.15) is 17.2 Å². The number of benzene rings is 1. The maximum absolute atomic E-state index is 10.7. The standard InChI is InChI=1S/C11H14O5/c1-6-4-7(10(12)11(13)14)9(16-3)5-8(6)15-2/h4-5,10,12H,1-3H3,(H,13,14). The summed E-state index contributed by atoms with van der Waals surface area (Å²) in [4.78, 5) is 10.7. The van der Waals surface area contributed by atoms with E-state index in [1.54, 1.807) is 13.0 Å². The van der Waals surface area contributed by atoms with Gasteiger partial charge in [0.25, 0.3) is 0 Å². The summed E-state index contributed by atoms with van der Waals surface area (Å²) in [7, 11) is 2.91. The Morgan fingerprint density at radius 2 is 1.81 bits per heavy atom. The minimum absolute atomic E-state index is 0.216. The van der Waals surface area contributed by atoms with Gasteiger partial charge in [0, 0.05) is 11.6 Å². The Labute approximate surface area is 93.2 Å². The van der Waals surface area contributed by atoms with E-state index in [0.717, 1.165) is 5.56 Å². The molecule has 2 N–H and O–H groups in total. The van der Waals surface area contributed by atoms with Gasteiger partial charge in [0.15, 0.2) is 6.10 Å². The Morgan fingerprint density at radius 1 is 1.25 bits per heavy atom. The third kappa shape index (κ3) is 2.25. The van der Waals surface area contributed by atoms with Crippen molar-refractivity contribution in [2.75, 3.05) is 14.2 Å². The molecule has 88 valence electrons. The molecule has 1 unspecified atom stereocenters. The molecule has 0 radical (unpaired) electrons. The van der Waals surface area contributed by atoms with Crippen LogP contribution < -0.4 is 9.47 Å². The second-order valence-electron chi connectivity index (χ2n) is 3.30. The van der Waals surface area contributed by atoms with Gasteiger partial charge in [-0.2, -0.15) is 0 Å². The molecule has 0 aromatic heterocycles. The molecule has 1 rings (SSSR count). The first-order valence-electron chi connectivity index (χ1n) is 4.64. The van der Waals surface area contributed by atoms with Gasteiger partial charge in [-0.05, 0) is 18.6 Å². The average Bonchev–Trinajstić information content (AvgIpc) is 2.27. The fraction of sp³-hybridized carbons (Fsp3) is 0.364. The highest BCUT2D eigenvalue weighted by Crippen LogP contribution is 2.32. The zero-order chi connectivity index (χ0) is 12.3. The number of aliphatic carboxylic acids is 1. The summed E-state index contributed by atoms with van der Waals surface area (Å²) in [6.07, 6.45) is -1.60. The number of rotatable bonds is 4. The van der Waals surface area contributed by atoms with E-state index in [9.17, 15) is 9.90 Å². The lowest BCUT2D eigenvalue weighted by Crippen LogP contribution is -2.12. The van der Waals surface area contributed by atoms with Gasteiger partial charge in [-0.15, -0.1) is 0 Å². The molecule has 0 saturated carbocycles. The van der Waals surface area contributed by atoms with Gasteiger partial charge >= 0.3 is 5.97 Å². The SMILES string of the molecule is COc1cc(OC)c(C(O)C(=O)O)cc1C. The molecular formula is C11H14O5. The van der Waals surface area contributed by atoms with Gasteiger partial charge in [0.1, 0.15) is 11.5 Å². The molecule has 0 spiro atoms. The molecule has 16 heavy (non-hydrogen) atoms. The Hall–Kier alpha value is -1.75. The number of carbonyl (C=O) groups is 1. The Kier molecular flexibility index (Phi) is 3.73. The topological polar surface area (TPSA) is 76.0 Å². The lowest BCUT2D eigenvalue weighted by Gasteiger charge is -2.14. The fourth-order valence-electron chi connectivity index (χ4n) is 1.44. The summed E-state index contributed by atoms with van der Waals surface area (Å²) in [5.74, 6) is -0.446. The van der Waals surface area contributed by atoms with Crippen LogP contribution in [0.25, 0.3) is 0 Å². The quantitative estimate of drug-likeness (QED) is 0.804. The molecule has 5 nitrogen and oxygen atoms in total. The summed E-state index contributed by atoms with van der Waals surface area (Å²) in [5, 5.41) is 18.2. The first kappa shape index (κ1) is 12.3. The van der Waals surface area contributed by atoms with Gasteiger partial charge in [-0.3, -0.25) is 0 Å². The van der Waals surface area contributed by atoms with Crippen LogP contribution in [-0.2, 0) is 4.79 Å². The third-order valence-electron chi connectivity index (χ3n) is 2.28. The van der Waals surface area contributed by atoms with E-state index in [1.165, 1.54) is 20.3 Å². The minimum atomic E-state index is -1.60. The van der Waals surface area contributed by atoms with E-state index in [0.29, 0.717) is 5.75 Å². The number of hydrogen-bond acceptors (Lipinski definition) is 4. The predicted molar refractivity (Wildman–Crippen MR) is 56.9 cm³/mol. The number of ether oxygens (including phenoxy) is 2. The van der Waals surface area contributed by atoms with Gasteiger partial charge in [0.05, 0.1) is 14.2 Å². The Morgan fingerprint density at radius 3 is 2.25 bits per heavy atom. The lowest BCUT2D eigenvalue weighted by molar-refractivity contribution is -0.147. The first-order chi connectivity index (χ1) is 7.51.